The first kappa shape index (κ1) is 23.9. The van der Waals surface area contributed by atoms with Crippen LogP contribution < -0.4 is 10.6 Å². The van der Waals surface area contributed by atoms with Gasteiger partial charge in [-0.15, -0.1) is 0 Å². The summed E-state index contributed by atoms with van der Waals surface area (Å²) in [6.45, 7) is 4.29. The van der Waals surface area contributed by atoms with Gasteiger partial charge in [0.1, 0.15) is 4.90 Å². The summed E-state index contributed by atoms with van der Waals surface area (Å²) in [5, 5.41) is 5.44. The number of hydrogen-bond acceptors (Lipinski definition) is 4. The van der Waals surface area contributed by atoms with E-state index in [0.717, 1.165) is 5.56 Å². The van der Waals surface area contributed by atoms with Crippen LogP contribution in [0, 0.1) is 0 Å². The fourth-order valence-corrected chi connectivity index (χ4v) is 4.82. The van der Waals surface area contributed by atoms with E-state index in [-0.39, 0.29) is 41.1 Å². The third-order valence-electron chi connectivity index (χ3n) is 4.42. The van der Waals surface area contributed by atoms with Crippen molar-refractivity contribution < 1.29 is 18.0 Å². The summed E-state index contributed by atoms with van der Waals surface area (Å²) in [7, 11) is -3.76. The molecule has 30 heavy (non-hydrogen) atoms. The zero-order valence-electron chi connectivity index (χ0n) is 17.0. The van der Waals surface area contributed by atoms with Crippen LogP contribution in [0.1, 0.15) is 25.8 Å². The molecule has 0 unspecified atom stereocenters. The molecule has 9 heteroatoms. The van der Waals surface area contributed by atoms with Crippen molar-refractivity contribution in [1.82, 2.24) is 9.62 Å². The molecule has 0 heterocycles. The van der Waals surface area contributed by atoms with Crippen molar-refractivity contribution in [3.8, 4) is 0 Å². The standard InChI is InChI=1S/C21H26ClN3O4S/c1-3-25(4-2)30(28,29)19-15-17(10-11-18(19)22)24-20(26)12-13-23-21(27)14-16-8-6-5-7-9-16/h5-11,15H,3-4,12-14H2,1-2H3,(H,23,27)(H,24,26). The number of anilines is 1. The van der Waals surface area contributed by atoms with Crippen molar-refractivity contribution in [2.45, 2.75) is 31.6 Å². The third kappa shape index (κ3) is 6.55. The molecule has 0 bridgehead atoms. The largest absolute Gasteiger partial charge is 0.355 e. The normalized spacial score (nSPS) is 11.3. The Hall–Kier alpha value is -2.42. The van der Waals surface area contributed by atoms with Crippen LogP contribution in [-0.4, -0.2) is 44.2 Å². The van der Waals surface area contributed by atoms with Crippen LogP contribution in [0.3, 0.4) is 0 Å². The highest BCUT2D eigenvalue weighted by atomic mass is 35.5. The van der Waals surface area contributed by atoms with Crippen LogP contribution in [0.4, 0.5) is 5.69 Å². The van der Waals surface area contributed by atoms with Gasteiger partial charge in [-0.25, -0.2) is 8.42 Å². The molecule has 2 N–H and O–H groups in total. The maximum Gasteiger partial charge on any atom is 0.244 e. The van der Waals surface area contributed by atoms with Gasteiger partial charge in [-0.1, -0.05) is 55.8 Å². The maximum atomic E-state index is 12.7. The highest BCUT2D eigenvalue weighted by molar-refractivity contribution is 7.89. The molecule has 7 nitrogen and oxygen atoms in total. The SMILES string of the molecule is CCN(CC)S(=O)(=O)c1cc(NC(=O)CCNC(=O)Cc2ccccc2)ccc1Cl. The van der Waals surface area contributed by atoms with E-state index in [1.807, 2.05) is 30.3 Å². The first-order valence-electron chi connectivity index (χ1n) is 9.68. The van der Waals surface area contributed by atoms with Gasteiger partial charge < -0.3 is 10.6 Å². The summed E-state index contributed by atoms with van der Waals surface area (Å²) in [6, 6.07) is 13.6. The number of carbonyl (C=O) groups is 2. The summed E-state index contributed by atoms with van der Waals surface area (Å²) in [5.74, 6) is -0.517. The van der Waals surface area contributed by atoms with Crippen LogP contribution in [0.2, 0.25) is 5.02 Å². The first-order valence-corrected chi connectivity index (χ1v) is 11.5. The molecule has 0 saturated carbocycles. The van der Waals surface area contributed by atoms with Crippen molar-refractivity contribution in [1.29, 1.82) is 0 Å². The van der Waals surface area contributed by atoms with E-state index in [9.17, 15) is 18.0 Å². The van der Waals surface area contributed by atoms with Gasteiger partial charge in [0.25, 0.3) is 0 Å². The Morgan fingerprint density at radius 1 is 1.00 bits per heavy atom. The number of hydrogen-bond donors (Lipinski definition) is 2. The predicted octanol–water partition coefficient (Wildman–Crippen LogP) is 3.06. The molecule has 2 rings (SSSR count). The van der Waals surface area contributed by atoms with Gasteiger partial charge >= 0.3 is 0 Å². The number of rotatable bonds is 10. The Labute approximate surface area is 182 Å². The second-order valence-electron chi connectivity index (χ2n) is 6.55. The van der Waals surface area contributed by atoms with E-state index < -0.39 is 10.0 Å². The van der Waals surface area contributed by atoms with Crippen molar-refractivity contribution in [2.75, 3.05) is 25.0 Å². The van der Waals surface area contributed by atoms with Gasteiger partial charge in [0.2, 0.25) is 21.8 Å². The van der Waals surface area contributed by atoms with E-state index in [2.05, 4.69) is 10.6 Å². The second-order valence-corrected chi connectivity index (χ2v) is 8.86. The van der Waals surface area contributed by atoms with E-state index in [4.69, 9.17) is 11.6 Å². The molecule has 0 aliphatic carbocycles. The lowest BCUT2D eigenvalue weighted by Crippen LogP contribution is -2.31. The molecule has 0 aromatic heterocycles. The summed E-state index contributed by atoms with van der Waals surface area (Å²) in [5.41, 5.74) is 1.22. The highest BCUT2D eigenvalue weighted by Crippen LogP contribution is 2.27. The van der Waals surface area contributed by atoms with Crippen LogP contribution in [0.5, 0.6) is 0 Å². The molecule has 0 atom stereocenters. The summed E-state index contributed by atoms with van der Waals surface area (Å²) < 4.78 is 26.8. The molecule has 2 aromatic carbocycles. The van der Waals surface area contributed by atoms with E-state index in [1.165, 1.54) is 22.5 Å². The molecule has 0 aliphatic rings. The number of nitrogens with zero attached hydrogens (tertiary/aromatic N) is 1. The molecule has 0 spiro atoms. The topological polar surface area (TPSA) is 95.6 Å². The molecule has 0 radical (unpaired) electrons. The number of sulfonamides is 1. The zero-order valence-corrected chi connectivity index (χ0v) is 18.6. The average Bonchev–Trinajstić information content (AvgIpc) is 2.70. The van der Waals surface area contributed by atoms with Crippen molar-refractivity contribution in [3.05, 3.63) is 59.1 Å². The summed E-state index contributed by atoms with van der Waals surface area (Å²) >= 11 is 6.09. The van der Waals surface area contributed by atoms with Gasteiger partial charge in [-0.05, 0) is 23.8 Å². The molecule has 0 saturated heterocycles. The Balaban J connectivity index is 1.93. The van der Waals surface area contributed by atoms with Gasteiger partial charge in [0.15, 0.2) is 0 Å². The minimum Gasteiger partial charge on any atom is -0.355 e. The molecular formula is C21H26ClN3O4S. The Morgan fingerprint density at radius 2 is 1.67 bits per heavy atom. The Bertz CT molecular complexity index is 977. The molecule has 2 amide bonds. The number of nitrogens with one attached hydrogen (secondary N) is 2. The lowest BCUT2D eigenvalue weighted by Gasteiger charge is -2.19. The molecule has 0 aliphatic heterocycles. The van der Waals surface area contributed by atoms with E-state index in [1.54, 1.807) is 13.8 Å². The number of carbonyl (C=O) groups excluding carboxylic acids is 2. The third-order valence-corrected chi connectivity index (χ3v) is 6.95. The summed E-state index contributed by atoms with van der Waals surface area (Å²) in [4.78, 5) is 24.1. The predicted molar refractivity (Wildman–Crippen MR) is 118 cm³/mol. The highest BCUT2D eigenvalue weighted by Gasteiger charge is 2.24. The summed E-state index contributed by atoms with van der Waals surface area (Å²) in [6.07, 6.45) is 0.299. The lowest BCUT2D eigenvalue weighted by atomic mass is 10.1. The minimum atomic E-state index is -3.76. The lowest BCUT2D eigenvalue weighted by molar-refractivity contribution is -0.120. The van der Waals surface area contributed by atoms with E-state index >= 15 is 0 Å². The van der Waals surface area contributed by atoms with Gasteiger partial charge in [-0.2, -0.15) is 4.31 Å². The smallest absolute Gasteiger partial charge is 0.244 e. The second kappa shape index (κ2) is 11.1. The molecule has 162 valence electrons. The van der Waals surface area contributed by atoms with Gasteiger partial charge in [-0.3, -0.25) is 9.59 Å². The van der Waals surface area contributed by atoms with Crippen LogP contribution >= 0.6 is 11.6 Å². The van der Waals surface area contributed by atoms with Crippen molar-refractivity contribution in [2.24, 2.45) is 0 Å². The van der Waals surface area contributed by atoms with Gasteiger partial charge in [0, 0.05) is 31.7 Å². The van der Waals surface area contributed by atoms with Crippen LogP contribution in [-0.2, 0) is 26.0 Å². The zero-order chi connectivity index (χ0) is 22.1. The fourth-order valence-electron chi connectivity index (χ4n) is 2.86. The van der Waals surface area contributed by atoms with Gasteiger partial charge in [0.05, 0.1) is 11.4 Å². The Morgan fingerprint density at radius 3 is 2.30 bits per heavy atom. The van der Waals surface area contributed by atoms with Crippen LogP contribution in [0.25, 0.3) is 0 Å². The van der Waals surface area contributed by atoms with Crippen LogP contribution in [0.15, 0.2) is 53.4 Å². The van der Waals surface area contributed by atoms with Crippen molar-refractivity contribution in [3.63, 3.8) is 0 Å². The monoisotopic (exact) mass is 451 g/mol. The Kier molecular flexibility index (Phi) is 8.83. The average molecular weight is 452 g/mol. The minimum absolute atomic E-state index is 0.0539. The number of halogens is 1. The first-order chi connectivity index (χ1) is 14.3. The number of benzene rings is 2. The fraction of sp³-hybridized carbons (Fsp3) is 0.333. The quantitative estimate of drug-likeness (QED) is 0.580. The van der Waals surface area contributed by atoms with Crippen molar-refractivity contribution >= 4 is 39.1 Å². The number of amides is 2. The molecule has 2 aromatic rings. The maximum absolute atomic E-state index is 12.7. The van der Waals surface area contributed by atoms with E-state index in [0.29, 0.717) is 18.8 Å². The molecule has 0 fully saturated rings. The molecular weight excluding hydrogens is 426 g/mol.